The highest BCUT2D eigenvalue weighted by Crippen LogP contribution is 2.25. The molecule has 1 heterocycles. The maximum atomic E-state index is 12.3. The molecule has 2 N–H and O–H groups in total. The van der Waals surface area contributed by atoms with Crippen LogP contribution >= 0.6 is 35.0 Å². The molecule has 9 heteroatoms. The molecule has 0 aliphatic heterocycles. The van der Waals surface area contributed by atoms with Crippen molar-refractivity contribution in [2.75, 3.05) is 5.75 Å². The molecule has 0 fully saturated rings. The van der Waals surface area contributed by atoms with Crippen molar-refractivity contribution < 1.29 is 4.79 Å². The molecule has 0 bridgehead atoms. The second-order valence-corrected chi connectivity index (χ2v) is 8.21. The lowest BCUT2D eigenvalue weighted by atomic mass is 10.1. The van der Waals surface area contributed by atoms with Crippen LogP contribution in [0.3, 0.4) is 0 Å². The zero-order valence-corrected chi connectivity index (χ0v) is 18.0. The zero-order chi connectivity index (χ0) is 20.8. The van der Waals surface area contributed by atoms with Crippen molar-refractivity contribution >= 4 is 40.9 Å². The summed E-state index contributed by atoms with van der Waals surface area (Å²) < 4.78 is 1.55. The third-order valence-electron chi connectivity index (χ3n) is 4.34. The normalized spacial score (nSPS) is 12.0. The highest BCUT2D eigenvalue weighted by Gasteiger charge is 2.14. The molecule has 1 aromatic heterocycles. The lowest BCUT2D eigenvalue weighted by Gasteiger charge is -2.15. The molecule has 0 saturated carbocycles. The van der Waals surface area contributed by atoms with E-state index in [2.05, 4.69) is 15.5 Å². The summed E-state index contributed by atoms with van der Waals surface area (Å²) in [6.07, 6.45) is 0.703. The fraction of sp³-hybridized carbons (Fsp3) is 0.250. The number of carbonyl (C=O) groups excluding carboxylic acids is 1. The average Bonchev–Trinajstić information content (AvgIpc) is 3.07. The standard InChI is InChI=1S/C20H20Cl2N4O2S/c1-13(15-7-8-16(21)17(22)11-15)23-18(27)12-29-20-25-24-19(28)26(20)10-9-14-5-3-2-4-6-14/h2-8,11,13H,9-10,12H2,1H3,(H,23,27)(H,24,28)/t13-/m0/s1. The van der Waals surface area contributed by atoms with Crippen LogP contribution in [0.5, 0.6) is 0 Å². The van der Waals surface area contributed by atoms with E-state index in [0.717, 1.165) is 11.1 Å². The van der Waals surface area contributed by atoms with Crippen LogP contribution in [0.4, 0.5) is 0 Å². The van der Waals surface area contributed by atoms with Gasteiger partial charge in [-0.3, -0.25) is 9.36 Å². The fourth-order valence-electron chi connectivity index (χ4n) is 2.77. The Bertz CT molecular complexity index is 1040. The minimum atomic E-state index is -0.284. The number of amides is 1. The third kappa shape index (κ3) is 5.88. The highest BCUT2D eigenvalue weighted by atomic mass is 35.5. The van der Waals surface area contributed by atoms with E-state index in [-0.39, 0.29) is 23.4 Å². The van der Waals surface area contributed by atoms with Gasteiger partial charge in [0.1, 0.15) is 0 Å². The number of thioether (sulfide) groups is 1. The van der Waals surface area contributed by atoms with Crippen molar-refractivity contribution in [2.45, 2.75) is 31.1 Å². The quantitative estimate of drug-likeness (QED) is 0.506. The summed E-state index contributed by atoms with van der Waals surface area (Å²) in [5.41, 5.74) is 1.70. The molecule has 1 amide bonds. The average molecular weight is 451 g/mol. The number of aryl methyl sites for hydroxylation is 1. The minimum Gasteiger partial charge on any atom is -0.349 e. The number of hydrogen-bond donors (Lipinski definition) is 2. The van der Waals surface area contributed by atoms with E-state index in [9.17, 15) is 9.59 Å². The summed E-state index contributed by atoms with van der Waals surface area (Å²) in [6.45, 7) is 2.36. The molecule has 1 atom stereocenters. The lowest BCUT2D eigenvalue weighted by Crippen LogP contribution is -2.28. The Balaban J connectivity index is 1.56. The molecule has 152 valence electrons. The number of halogens is 2. The zero-order valence-electron chi connectivity index (χ0n) is 15.7. The fourth-order valence-corrected chi connectivity index (χ4v) is 3.86. The van der Waals surface area contributed by atoms with Gasteiger partial charge in [0.05, 0.1) is 21.8 Å². The van der Waals surface area contributed by atoms with Crippen molar-refractivity contribution in [3.63, 3.8) is 0 Å². The molecule has 6 nitrogen and oxygen atoms in total. The Morgan fingerprint density at radius 1 is 1.21 bits per heavy atom. The number of aromatic nitrogens is 3. The van der Waals surface area contributed by atoms with Crippen LogP contribution in [-0.4, -0.2) is 26.4 Å². The first-order chi connectivity index (χ1) is 13.9. The number of nitrogens with zero attached hydrogens (tertiary/aromatic N) is 2. The number of aromatic amines is 1. The first-order valence-electron chi connectivity index (χ1n) is 9.00. The van der Waals surface area contributed by atoms with Gasteiger partial charge in [-0.05, 0) is 36.6 Å². The SMILES string of the molecule is C[C@H](NC(=O)CSc1n[nH]c(=O)n1CCc1ccccc1)c1ccc(Cl)c(Cl)c1. The van der Waals surface area contributed by atoms with Crippen molar-refractivity contribution in [3.8, 4) is 0 Å². The van der Waals surface area contributed by atoms with E-state index in [1.807, 2.05) is 43.3 Å². The summed E-state index contributed by atoms with van der Waals surface area (Å²) in [5.74, 6) is -0.0278. The van der Waals surface area contributed by atoms with Gasteiger partial charge in [-0.2, -0.15) is 0 Å². The molecule has 0 aliphatic rings. The summed E-state index contributed by atoms with van der Waals surface area (Å²) >= 11 is 13.2. The number of rotatable bonds is 8. The van der Waals surface area contributed by atoms with Crippen LogP contribution in [0.1, 0.15) is 24.1 Å². The summed E-state index contributed by atoms with van der Waals surface area (Å²) in [4.78, 5) is 24.4. The third-order valence-corrected chi connectivity index (χ3v) is 6.06. The molecule has 29 heavy (non-hydrogen) atoms. The van der Waals surface area contributed by atoms with E-state index < -0.39 is 0 Å². The predicted molar refractivity (Wildman–Crippen MR) is 117 cm³/mol. The van der Waals surface area contributed by atoms with Gasteiger partial charge in [0.15, 0.2) is 5.16 Å². The van der Waals surface area contributed by atoms with Crippen LogP contribution in [0, 0.1) is 0 Å². The second kappa shape index (κ2) is 10.0. The number of hydrogen-bond acceptors (Lipinski definition) is 4. The van der Waals surface area contributed by atoms with E-state index in [1.165, 1.54) is 11.8 Å². The lowest BCUT2D eigenvalue weighted by molar-refractivity contribution is -0.119. The van der Waals surface area contributed by atoms with Crippen molar-refractivity contribution in [2.24, 2.45) is 0 Å². The van der Waals surface area contributed by atoms with Crippen LogP contribution < -0.4 is 11.0 Å². The molecule has 0 aliphatic carbocycles. The first-order valence-corrected chi connectivity index (χ1v) is 10.7. The van der Waals surface area contributed by atoms with E-state index in [4.69, 9.17) is 23.2 Å². The van der Waals surface area contributed by atoms with Gasteiger partial charge >= 0.3 is 5.69 Å². The van der Waals surface area contributed by atoms with Crippen molar-refractivity contribution in [1.29, 1.82) is 0 Å². The highest BCUT2D eigenvalue weighted by molar-refractivity contribution is 7.99. The van der Waals surface area contributed by atoms with Crippen LogP contribution in [0.2, 0.25) is 10.0 Å². The molecule has 2 aromatic carbocycles. The molecular weight excluding hydrogens is 431 g/mol. The number of benzene rings is 2. The maximum absolute atomic E-state index is 12.3. The number of carbonyl (C=O) groups is 1. The molecule has 0 saturated heterocycles. The van der Waals surface area contributed by atoms with E-state index >= 15 is 0 Å². The van der Waals surface area contributed by atoms with Crippen LogP contribution in [-0.2, 0) is 17.8 Å². The molecule has 3 aromatic rings. The van der Waals surface area contributed by atoms with E-state index in [1.54, 1.807) is 16.7 Å². The Labute approximate surface area is 182 Å². The molecule has 0 unspecified atom stereocenters. The van der Waals surface area contributed by atoms with Crippen LogP contribution in [0.15, 0.2) is 58.5 Å². The van der Waals surface area contributed by atoms with Gasteiger partial charge in [0.2, 0.25) is 5.91 Å². The Kier molecular flexibility index (Phi) is 7.41. The minimum absolute atomic E-state index is 0.140. The Hall–Kier alpha value is -2.22. The van der Waals surface area contributed by atoms with E-state index in [0.29, 0.717) is 28.2 Å². The largest absolute Gasteiger partial charge is 0.349 e. The smallest absolute Gasteiger partial charge is 0.343 e. The Morgan fingerprint density at radius 3 is 2.69 bits per heavy atom. The topological polar surface area (TPSA) is 79.8 Å². The van der Waals surface area contributed by atoms with Gasteiger partial charge in [0.25, 0.3) is 0 Å². The van der Waals surface area contributed by atoms with Gasteiger partial charge < -0.3 is 5.32 Å². The Morgan fingerprint density at radius 2 is 1.97 bits per heavy atom. The molecule has 0 radical (unpaired) electrons. The first kappa shape index (κ1) is 21.5. The van der Waals surface area contributed by atoms with Gasteiger partial charge in [0, 0.05) is 6.54 Å². The second-order valence-electron chi connectivity index (χ2n) is 6.45. The summed E-state index contributed by atoms with van der Waals surface area (Å²) in [6, 6.07) is 14.9. The van der Waals surface area contributed by atoms with Gasteiger partial charge in [-0.1, -0.05) is 71.4 Å². The monoisotopic (exact) mass is 450 g/mol. The summed E-state index contributed by atoms with van der Waals surface area (Å²) in [7, 11) is 0. The maximum Gasteiger partial charge on any atom is 0.343 e. The number of nitrogens with one attached hydrogen (secondary N) is 2. The number of H-pyrrole nitrogens is 1. The summed E-state index contributed by atoms with van der Waals surface area (Å²) in [5, 5.41) is 10.8. The predicted octanol–water partition coefficient (Wildman–Crippen LogP) is 4.09. The molecule has 0 spiro atoms. The van der Waals surface area contributed by atoms with Crippen LogP contribution in [0.25, 0.3) is 0 Å². The van der Waals surface area contributed by atoms with Gasteiger partial charge in [-0.15, -0.1) is 5.10 Å². The molecular formula is C20H20Cl2N4O2S. The van der Waals surface area contributed by atoms with Gasteiger partial charge in [-0.25, -0.2) is 9.89 Å². The van der Waals surface area contributed by atoms with Crippen molar-refractivity contribution in [3.05, 3.63) is 80.2 Å². The van der Waals surface area contributed by atoms with Crippen molar-refractivity contribution in [1.82, 2.24) is 20.1 Å². The molecule has 3 rings (SSSR count).